The molecular weight excluding hydrogens is 849 g/mol. The van der Waals surface area contributed by atoms with Gasteiger partial charge in [0, 0.05) is 57.4 Å². The minimum absolute atomic E-state index is 0.00901. The molecule has 0 N–H and O–H groups in total. The summed E-state index contributed by atoms with van der Waals surface area (Å²) >= 11 is 0. The quantitative estimate of drug-likeness (QED) is 0.135. The average Bonchev–Trinajstić information content (AvgIpc) is 3.90. The summed E-state index contributed by atoms with van der Waals surface area (Å²) < 4.78 is 2.57. The predicted molar refractivity (Wildman–Crippen MR) is 288 cm³/mol. The monoisotopic (exact) mass is 898 g/mol. The molecule has 0 spiro atoms. The molecule has 334 valence electrons. The molecule has 3 unspecified atom stereocenters. The predicted octanol–water partition coefficient (Wildman–Crippen LogP) is 16.5. The van der Waals surface area contributed by atoms with Crippen LogP contribution in [0, 0.1) is 5.92 Å². The van der Waals surface area contributed by atoms with E-state index in [2.05, 4.69) is 169 Å². The zero-order chi connectivity index (χ0) is 46.7. The fourth-order valence-corrected chi connectivity index (χ4v) is 12.2. The standard InChI is InChI=1S/C67H50N2O/c1-43-38-59-62-54-27-12-11-26-53(54)57(37-32-44-39-51(42-68-41-44)49-22-17-23-50(40-49)67(70)48-35-33-46(34-36-48)45-18-5-2-6-19-45)64(62)66-65(58-30-15-16-31-60(58)69(66)52-24-9-4-10-25-52)63(59)56-29-14-13-28-55(56)61(43)47-20-7-3-8-21-47/h2-31,33-36,39-43,57,61H,32,37-38H2,1H3. The maximum absolute atomic E-state index is 13.9. The number of carbonyl (C=O) groups is 1. The van der Waals surface area contributed by atoms with Gasteiger partial charge in [0.15, 0.2) is 5.78 Å². The number of rotatable bonds is 9. The van der Waals surface area contributed by atoms with Crippen molar-refractivity contribution in [3.63, 3.8) is 0 Å². The van der Waals surface area contributed by atoms with Gasteiger partial charge in [-0.25, -0.2) is 0 Å². The summed E-state index contributed by atoms with van der Waals surface area (Å²) in [5.74, 6) is 0.746. The first-order valence-corrected chi connectivity index (χ1v) is 24.7. The van der Waals surface area contributed by atoms with Gasteiger partial charge in [-0.3, -0.25) is 9.78 Å². The van der Waals surface area contributed by atoms with Crippen LogP contribution in [0.2, 0.25) is 0 Å². The van der Waals surface area contributed by atoms with Gasteiger partial charge in [-0.05, 0) is 128 Å². The average molecular weight is 899 g/mol. The van der Waals surface area contributed by atoms with Crippen molar-refractivity contribution in [1.29, 1.82) is 0 Å². The van der Waals surface area contributed by atoms with Crippen molar-refractivity contribution in [3.8, 4) is 50.2 Å². The van der Waals surface area contributed by atoms with Crippen molar-refractivity contribution in [2.24, 2.45) is 5.92 Å². The van der Waals surface area contributed by atoms with Gasteiger partial charge < -0.3 is 4.57 Å². The molecule has 2 aromatic heterocycles. The van der Waals surface area contributed by atoms with Crippen LogP contribution >= 0.6 is 0 Å². The Balaban J connectivity index is 0.935. The van der Waals surface area contributed by atoms with E-state index in [1.807, 2.05) is 73.1 Å². The van der Waals surface area contributed by atoms with Crippen LogP contribution in [-0.2, 0) is 12.8 Å². The second-order valence-electron chi connectivity index (χ2n) is 19.3. The summed E-state index contributed by atoms with van der Waals surface area (Å²) in [7, 11) is 0. The molecule has 0 saturated carbocycles. The summed E-state index contributed by atoms with van der Waals surface area (Å²) in [6.45, 7) is 2.47. The summed E-state index contributed by atoms with van der Waals surface area (Å²) in [4.78, 5) is 18.8. The van der Waals surface area contributed by atoms with Gasteiger partial charge in [0.25, 0.3) is 0 Å². The molecule has 3 heteroatoms. The van der Waals surface area contributed by atoms with Gasteiger partial charge in [-0.15, -0.1) is 0 Å². The van der Waals surface area contributed by atoms with Gasteiger partial charge in [0.2, 0.25) is 0 Å². The van der Waals surface area contributed by atoms with E-state index >= 15 is 0 Å². The highest BCUT2D eigenvalue weighted by atomic mass is 16.1. The third kappa shape index (κ3) is 6.95. The molecule has 13 rings (SSSR count). The Morgan fingerprint density at radius 1 is 0.557 bits per heavy atom. The van der Waals surface area contributed by atoms with E-state index in [-0.39, 0.29) is 17.6 Å². The van der Waals surface area contributed by atoms with Gasteiger partial charge in [0.05, 0.1) is 11.0 Å². The van der Waals surface area contributed by atoms with Crippen molar-refractivity contribution >= 4 is 27.6 Å². The number of fused-ring (bicyclic) bond motifs is 12. The molecule has 2 heterocycles. The number of aromatic nitrogens is 2. The largest absolute Gasteiger partial charge is 0.309 e. The molecule has 0 amide bonds. The minimum Gasteiger partial charge on any atom is -0.309 e. The lowest BCUT2D eigenvalue weighted by molar-refractivity contribution is 0.103. The highest BCUT2D eigenvalue weighted by molar-refractivity contribution is 6.20. The number of hydrogen-bond donors (Lipinski definition) is 0. The van der Waals surface area contributed by atoms with Gasteiger partial charge in [-0.2, -0.15) is 0 Å². The summed E-state index contributed by atoms with van der Waals surface area (Å²) in [5.41, 5.74) is 23.0. The van der Waals surface area contributed by atoms with E-state index in [0.717, 1.165) is 41.5 Å². The summed E-state index contributed by atoms with van der Waals surface area (Å²) in [6.07, 6.45) is 6.67. The third-order valence-electron chi connectivity index (χ3n) is 15.3. The lowest BCUT2D eigenvalue weighted by Gasteiger charge is -2.24. The number of carbonyl (C=O) groups excluding carboxylic acids is 1. The SMILES string of the molecule is CC1Cc2c3c(c4c(c2-c2ccccc2C1c1ccccc1)c1ccccc1n4-c1ccccc1)C(CCc1cncc(-c2cccc(C(=O)c4ccc(-c5ccccc5)cc4)c2)c1)c1ccccc1-3. The molecule has 70 heavy (non-hydrogen) atoms. The molecule has 0 bridgehead atoms. The van der Waals surface area contributed by atoms with Crippen LogP contribution in [0.3, 0.4) is 0 Å². The Kier molecular flexibility index (Phi) is 10.3. The normalized spacial score (nSPS) is 15.8. The number of para-hydroxylation sites is 2. The van der Waals surface area contributed by atoms with Gasteiger partial charge in [-0.1, -0.05) is 195 Å². The Morgan fingerprint density at radius 3 is 1.99 bits per heavy atom. The van der Waals surface area contributed by atoms with Crippen LogP contribution in [0.5, 0.6) is 0 Å². The second kappa shape index (κ2) is 17.3. The summed E-state index contributed by atoms with van der Waals surface area (Å²) in [5, 5.41) is 2.64. The fraction of sp³-hybridized carbons (Fsp3) is 0.104. The second-order valence-corrected chi connectivity index (χ2v) is 19.3. The first-order chi connectivity index (χ1) is 34.6. The Labute approximate surface area is 409 Å². The molecule has 0 saturated heterocycles. The molecular formula is C67H50N2O. The lowest BCUT2D eigenvalue weighted by atomic mass is 9.79. The van der Waals surface area contributed by atoms with Crippen molar-refractivity contribution in [1.82, 2.24) is 9.55 Å². The number of aryl methyl sites for hydroxylation is 1. The Hall–Kier alpha value is -8.40. The molecule has 3 nitrogen and oxygen atoms in total. The molecule has 0 radical (unpaired) electrons. The van der Waals surface area contributed by atoms with E-state index < -0.39 is 0 Å². The lowest BCUT2D eigenvalue weighted by Crippen LogP contribution is -2.13. The zero-order valence-corrected chi connectivity index (χ0v) is 39.1. The first kappa shape index (κ1) is 41.8. The van der Waals surface area contributed by atoms with Crippen molar-refractivity contribution in [3.05, 3.63) is 275 Å². The highest BCUT2D eigenvalue weighted by Gasteiger charge is 2.40. The van der Waals surface area contributed by atoms with Crippen LogP contribution in [0.15, 0.2) is 231 Å². The van der Waals surface area contributed by atoms with Crippen molar-refractivity contribution in [2.75, 3.05) is 0 Å². The van der Waals surface area contributed by atoms with E-state index in [4.69, 9.17) is 4.98 Å². The van der Waals surface area contributed by atoms with Crippen LogP contribution in [0.1, 0.15) is 74.5 Å². The molecule has 0 fully saturated rings. The highest BCUT2D eigenvalue weighted by Crippen LogP contribution is 2.59. The zero-order valence-electron chi connectivity index (χ0n) is 39.1. The molecule has 9 aromatic carbocycles. The minimum atomic E-state index is 0.00901. The van der Waals surface area contributed by atoms with E-state index in [9.17, 15) is 4.79 Å². The van der Waals surface area contributed by atoms with Gasteiger partial charge in [0.1, 0.15) is 0 Å². The van der Waals surface area contributed by atoms with E-state index in [1.54, 1.807) is 0 Å². The fourth-order valence-electron chi connectivity index (χ4n) is 12.2. The van der Waals surface area contributed by atoms with Crippen molar-refractivity contribution in [2.45, 2.75) is 38.0 Å². The number of nitrogens with zero attached hydrogens (tertiary/aromatic N) is 2. The Morgan fingerprint density at radius 2 is 1.20 bits per heavy atom. The van der Waals surface area contributed by atoms with Crippen LogP contribution < -0.4 is 0 Å². The summed E-state index contributed by atoms with van der Waals surface area (Å²) in [6, 6.07) is 78.3. The number of hydrogen-bond acceptors (Lipinski definition) is 2. The molecule has 2 aliphatic rings. The number of ketones is 1. The van der Waals surface area contributed by atoms with Gasteiger partial charge >= 0.3 is 0 Å². The maximum atomic E-state index is 13.9. The molecule has 3 atom stereocenters. The smallest absolute Gasteiger partial charge is 0.193 e. The molecule has 0 aliphatic heterocycles. The van der Waals surface area contributed by atoms with Crippen LogP contribution in [-0.4, -0.2) is 15.3 Å². The number of benzene rings is 9. The molecule has 11 aromatic rings. The maximum Gasteiger partial charge on any atom is 0.193 e. The van der Waals surface area contributed by atoms with Crippen LogP contribution in [0.25, 0.3) is 72.0 Å². The van der Waals surface area contributed by atoms with Crippen molar-refractivity contribution < 1.29 is 4.79 Å². The Bertz CT molecular complexity index is 3780. The van der Waals surface area contributed by atoms with E-state index in [0.29, 0.717) is 17.0 Å². The third-order valence-corrected chi connectivity index (χ3v) is 15.3. The van der Waals surface area contributed by atoms with E-state index in [1.165, 1.54) is 83.1 Å². The first-order valence-electron chi connectivity index (χ1n) is 24.7. The molecule has 2 aliphatic carbocycles. The van der Waals surface area contributed by atoms with Crippen LogP contribution in [0.4, 0.5) is 0 Å². The number of pyridine rings is 1. The topological polar surface area (TPSA) is 34.9 Å².